The van der Waals surface area contributed by atoms with E-state index in [-0.39, 0.29) is 5.92 Å². The van der Waals surface area contributed by atoms with Crippen molar-refractivity contribution in [1.29, 1.82) is 0 Å². The van der Waals surface area contributed by atoms with E-state index in [9.17, 15) is 0 Å². The molecule has 0 amide bonds. The fourth-order valence-electron chi connectivity index (χ4n) is 3.17. The van der Waals surface area contributed by atoms with E-state index < -0.39 is 0 Å². The van der Waals surface area contributed by atoms with Gasteiger partial charge in [-0.2, -0.15) is 5.10 Å². The average Bonchev–Trinajstić information content (AvgIpc) is 2.93. The number of benzene rings is 2. The second-order valence-electron chi connectivity index (χ2n) is 6.11. The molecule has 0 fully saturated rings. The van der Waals surface area contributed by atoms with Gasteiger partial charge in [0.25, 0.3) is 0 Å². The molecule has 1 heterocycles. The quantitative estimate of drug-likeness (QED) is 0.794. The second-order valence-corrected chi connectivity index (χ2v) is 6.11. The molecular weight excluding hydrogens is 282 g/mol. The molecule has 0 aliphatic heterocycles. The molecule has 2 N–H and O–H groups in total. The minimum atomic E-state index is 0.136. The lowest BCUT2D eigenvalue weighted by atomic mass is 9.90. The van der Waals surface area contributed by atoms with Gasteiger partial charge in [-0.25, -0.2) is 4.68 Å². The average molecular weight is 305 g/mol. The van der Waals surface area contributed by atoms with Crippen molar-refractivity contribution in [3.8, 4) is 5.69 Å². The van der Waals surface area contributed by atoms with Gasteiger partial charge >= 0.3 is 0 Å². The van der Waals surface area contributed by atoms with Crippen molar-refractivity contribution in [2.24, 2.45) is 5.73 Å². The Morgan fingerprint density at radius 1 is 1.00 bits per heavy atom. The summed E-state index contributed by atoms with van der Waals surface area (Å²) in [5.41, 5.74) is 13.2. The number of aromatic nitrogens is 2. The first-order valence-corrected chi connectivity index (χ1v) is 7.99. The summed E-state index contributed by atoms with van der Waals surface area (Å²) in [5, 5.41) is 4.68. The Morgan fingerprint density at radius 3 is 2.39 bits per heavy atom. The molecule has 1 aromatic heterocycles. The van der Waals surface area contributed by atoms with Gasteiger partial charge in [-0.05, 0) is 50.1 Å². The SMILES string of the molecule is Cc1ccc(C(CN)c2cc(C)nn2-c2ccccc2)c(C)c1. The number of hydrogen-bond donors (Lipinski definition) is 1. The van der Waals surface area contributed by atoms with E-state index in [0.29, 0.717) is 6.54 Å². The molecule has 0 saturated carbocycles. The molecule has 1 unspecified atom stereocenters. The minimum Gasteiger partial charge on any atom is -0.329 e. The van der Waals surface area contributed by atoms with E-state index in [2.05, 4.69) is 55.3 Å². The molecule has 3 nitrogen and oxygen atoms in total. The zero-order valence-electron chi connectivity index (χ0n) is 14.0. The maximum absolute atomic E-state index is 6.16. The molecule has 0 aliphatic rings. The molecule has 0 saturated heterocycles. The van der Waals surface area contributed by atoms with Gasteiger partial charge in [0, 0.05) is 12.5 Å². The number of nitrogens with two attached hydrogens (primary N) is 1. The van der Waals surface area contributed by atoms with E-state index >= 15 is 0 Å². The van der Waals surface area contributed by atoms with Crippen LogP contribution in [0.4, 0.5) is 0 Å². The van der Waals surface area contributed by atoms with E-state index in [4.69, 9.17) is 5.73 Å². The maximum atomic E-state index is 6.16. The number of para-hydroxylation sites is 1. The third-order valence-electron chi connectivity index (χ3n) is 4.25. The lowest BCUT2D eigenvalue weighted by molar-refractivity contribution is 0.715. The van der Waals surface area contributed by atoms with Crippen molar-refractivity contribution >= 4 is 0 Å². The van der Waals surface area contributed by atoms with Gasteiger partial charge in [-0.1, -0.05) is 42.0 Å². The smallest absolute Gasteiger partial charge is 0.0649 e. The van der Waals surface area contributed by atoms with Crippen molar-refractivity contribution in [2.45, 2.75) is 26.7 Å². The highest BCUT2D eigenvalue weighted by molar-refractivity contribution is 5.41. The van der Waals surface area contributed by atoms with Gasteiger partial charge in [-0.3, -0.25) is 0 Å². The maximum Gasteiger partial charge on any atom is 0.0649 e. The van der Waals surface area contributed by atoms with Gasteiger partial charge in [0.05, 0.1) is 17.1 Å². The predicted octanol–water partition coefficient (Wildman–Crippen LogP) is 3.89. The van der Waals surface area contributed by atoms with Crippen molar-refractivity contribution in [2.75, 3.05) is 6.54 Å². The summed E-state index contributed by atoms with van der Waals surface area (Å²) < 4.78 is 2.02. The molecule has 0 aliphatic carbocycles. The molecule has 3 aromatic rings. The third-order valence-corrected chi connectivity index (χ3v) is 4.25. The lowest BCUT2D eigenvalue weighted by Gasteiger charge is -2.20. The molecule has 0 spiro atoms. The van der Waals surface area contributed by atoms with Crippen LogP contribution in [0.1, 0.15) is 34.0 Å². The predicted molar refractivity (Wildman–Crippen MR) is 95.1 cm³/mol. The second kappa shape index (κ2) is 6.39. The number of hydrogen-bond acceptors (Lipinski definition) is 2. The molecule has 2 aromatic carbocycles. The summed E-state index contributed by atoms with van der Waals surface area (Å²) in [7, 11) is 0. The Morgan fingerprint density at radius 2 is 1.74 bits per heavy atom. The van der Waals surface area contributed by atoms with E-state index in [1.807, 2.05) is 29.8 Å². The lowest BCUT2D eigenvalue weighted by Crippen LogP contribution is -2.18. The van der Waals surface area contributed by atoms with Crippen LogP contribution in [0, 0.1) is 20.8 Å². The molecular formula is C20H23N3. The summed E-state index contributed by atoms with van der Waals surface area (Å²) in [4.78, 5) is 0. The van der Waals surface area contributed by atoms with Crippen LogP contribution in [0.3, 0.4) is 0 Å². The molecule has 1 atom stereocenters. The first-order valence-electron chi connectivity index (χ1n) is 7.99. The Hall–Kier alpha value is -2.39. The van der Waals surface area contributed by atoms with Crippen LogP contribution in [0.25, 0.3) is 5.69 Å². The van der Waals surface area contributed by atoms with Crippen LogP contribution in [0.2, 0.25) is 0 Å². The zero-order valence-corrected chi connectivity index (χ0v) is 14.0. The van der Waals surface area contributed by atoms with Crippen LogP contribution >= 0.6 is 0 Å². The van der Waals surface area contributed by atoms with Gasteiger partial charge in [0.2, 0.25) is 0 Å². The van der Waals surface area contributed by atoms with Crippen LogP contribution in [-0.2, 0) is 0 Å². The molecule has 0 bridgehead atoms. The van der Waals surface area contributed by atoms with Crippen molar-refractivity contribution in [3.05, 3.63) is 82.7 Å². The van der Waals surface area contributed by atoms with E-state index in [1.165, 1.54) is 16.7 Å². The summed E-state index contributed by atoms with van der Waals surface area (Å²) >= 11 is 0. The Kier molecular flexibility index (Phi) is 4.30. The van der Waals surface area contributed by atoms with E-state index in [1.54, 1.807) is 0 Å². The van der Waals surface area contributed by atoms with Crippen LogP contribution in [0.15, 0.2) is 54.6 Å². The van der Waals surface area contributed by atoms with E-state index in [0.717, 1.165) is 17.1 Å². The standard InChI is InChI=1S/C20H23N3/c1-14-9-10-18(15(2)11-14)19(13-21)20-12-16(3)22-23(20)17-7-5-4-6-8-17/h4-12,19H,13,21H2,1-3H3. The number of rotatable bonds is 4. The first-order chi connectivity index (χ1) is 11.1. The van der Waals surface area contributed by atoms with Gasteiger partial charge in [0.1, 0.15) is 0 Å². The highest BCUT2D eigenvalue weighted by atomic mass is 15.3. The number of aryl methyl sites for hydroxylation is 3. The number of nitrogens with zero attached hydrogens (tertiary/aromatic N) is 2. The van der Waals surface area contributed by atoms with Gasteiger partial charge < -0.3 is 5.73 Å². The first kappa shape index (κ1) is 15.5. The molecule has 3 heteroatoms. The summed E-state index contributed by atoms with van der Waals surface area (Å²) in [6.07, 6.45) is 0. The fraction of sp³-hybridized carbons (Fsp3) is 0.250. The minimum absolute atomic E-state index is 0.136. The Bertz CT molecular complexity index is 803. The third kappa shape index (κ3) is 3.06. The highest BCUT2D eigenvalue weighted by Crippen LogP contribution is 2.29. The summed E-state index contributed by atoms with van der Waals surface area (Å²) in [6, 6.07) is 18.9. The molecule has 118 valence electrons. The molecule has 0 radical (unpaired) electrons. The largest absolute Gasteiger partial charge is 0.329 e. The molecule has 3 rings (SSSR count). The summed E-state index contributed by atoms with van der Waals surface area (Å²) in [5.74, 6) is 0.136. The van der Waals surface area contributed by atoms with Gasteiger partial charge in [0.15, 0.2) is 0 Å². The topological polar surface area (TPSA) is 43.8 Å². The van der Waals surface area contributed by atoms with Crippen molar-refractivity contribution in [3.63, 3.8) is 0 Å². The Balaban J connectivity index is 2.12. The monoisotopic (exact) mass is 305 g/mol. The van der Waals surface area contributed by atoms with Gasteiger partial charge in [-0.15, -0.1) is 0 Å². The highest BCUT2D eigenvalue weighted by Gasteiger charge is 2.20. The normalized spacial score (nSPS) is 12.3. The zero-order chi connectivity index (χ0) is 16.4. The fourth-order valence-corrected chi connectivity index (χ4v) is 3.17. The summed E-state index contributed by atoms with van der Waals surface area (Å²) in [6.45, 7) is 6.86. The van der Waals surface area contributed by atoms with Crippen molar-refractivity contribution < 1.29 is 0 Å². The van der Waals surface area contributed by atoms with Crippen LogP contribution < -0.4 is 5.73 Å². The Labute approximate surface area is 137 Å². The van der Waals surface area contributed by atoms with Crippen LogP contribution in [-0.4, -0.2) is 16.3 Å². The molecule has 23 heavy (non-hydrogen) atoms. The van der Waals surface area contributed by atoms with Crippen LogP contribution in [0.5, 0.6) is 0 Å². The van der Waals surface area contributed by atoms with Crippen molar-refractivity contribution in [1.82, 2.24) is 9.78 Å².